The molecular formula is C21H26N2O5S. The molecule has 1 fully saturated rings. The molecule has 1 amide bonds. The summed E-state index contributed by atoms with van der Waals surface area (Å²) in [6.07, 6.45) is 2.69. The van der Waals surface area contributed by atoms with Crippen LogP contribution in [0.2, 0.25) is 0 Å². The monoisotopic (exact) mass is 418 g/mol. The van der Waals surface area contributed by atoms with Crippen molar-refractivity contribution in [2.45, 2.75) is 31.1 Å². The first-order valence-corrected chi connectivity index (χ1v) is 11.2. The molecule has 0 aliphatic carbocycles. The van der Waals surface area contributed by atoms with E-state index in [9.17, 15) is 13.2 Å². The van der Waals surface area contributed by atoms with Gasteiger partial charge >= 0.3 is 0 Å². The Morgan fingerprint density at radius 3 is 2.34 bits per heavy atom. The molecule has 7 nitrogen and oxygen atoms in total. The first kappa shape index (κ1) is 21.1. The van der Waals surface area contributed by atoms with Crippen molar-refractivity contribution in [1.29, 1.82) is 0 Å². The van der Waals surface area contributed by atoms with Crippen LogP contribution in [-0.2, 0) is 14.8 Å². The standard InChI is InChI=1S/C21H26N2O5S/c1-2-14-27-18-6-5-7-19(15-18)28-16-21(24)22-17-8-10-20(11-9-17)29(25,26)23-12-3-4-13-23/h5-11,15H,2-4,12-14,16H2,1H3,(H,22,24). The topological polar surface area (TPSA) is 84.9 Å². The molecule has 0 unspecified atom stereocenters. The number of anilines is 1. The van der Waals surface area contributed by atoms with Crippen LogP contribution in [-0.4, -0.2) is 44.9 Å². The lowest BCUT2D eigenvalue weighted by Crippen LogP contribution is -2.27. The summed E-state index contributed by atoms with van der Waals surface area (Å²) in [5, 5.41) is 2.71. The second-order valence-electron chi connectivity index (χ2n) is 6.80. The van der Waals surface area contributed by atoms with Crippen LogP contribution in [0.4, 0.5) is 5.69 Å². The zero-order chi connectivity index (χ0) is 20.7. The van der Waals surface area contributed by atoms with Crippen molar-refractivity contribution in [2.24, 2.45) is 0 Å². The van der Waals surface area contributed by atoms with Gasteiger partial charge in [0.25, 0.3) is 5.91 Å². The molecule has 1 heterocycles. The number of nitrogens with zero attached hydrogens (tertiary/aromatic N) is 1. The van der Waals surface area contributed by atoms with Crippen LogP contribution in [0.3, 0.4) is 0 Å². The largest absolute Gasteiger partial charge is 0.493 e. The maximum absolute atomic E-state index is 12.5. The molecule has 1 aliphatic rings. The molecule has 2 aromatic carbocycles. The number of carbonyl (C=O) groups is 1. The number of nitrogens with one attached hydrogen (secondary N) is 1. The van der Waals surface area contributed by atoms with Gasteiger partial charge in [0.1, 0.15) is 11.5 Å². The fourth-order valence-electron chi connectivity index (χ4n) is 3.01. The van der Waals surface area contributed by atoms with Gasteiger partial charge in [-0.3, -0.25) is 4.79 Å². The second kappa shape index (κ2) is 9.76. The van der Waals surface area contributed by atoms with Gasteiger partial charge in [0.15, 0.2) is 6.61 Å². The third-order valence-corrected chi connectivity index (χ3v) is 6.40. The van der Waals surface area contributed by atoms with Crippen molar-refractivity contribution >= 4 is 21.6 Å². The zero-order valence-electron chi connectivity index (χ0n) is 16.5. The van der Waals surface area contributed by atoms with E-state index in [4.69, 9.17) is 9.47 Å². The third-order valence-electron chi connectivity index (χ3n) is 4.49. The lowest BCUT2D eigenvalue weighted by atomic mass is 10.3. The molecule has 1 saturated heterocycles. The van der Waals surface area contributed by atoms with Crippen molar-refractivity contribution in [3.05, 3.63) is 48.5 Å². The third kappa shape index (κ3) is 5.71. The minimum Gasteiger partial charge on any atom is -0.493 e. The highest BCUT2D eigenvalue weighted by atomic mass is 32.2. The molecule has 1 aliphatic heterocycles. The Labute approximate surface area is 171 Å². The minimum absolute atomic E-state index is 0.162. The number of sulfonamides is 1. The summed E-state index contributed by atoms with van der Waals surface area (Å²) in [5.74, 6) is 0.903. The molecule has 3 rings (SSSR count). The Hall–Kier alpha value is -2.58. The molecule has 0 aromatic heterocycles. The maximum atomic E-state index is 12.5. The number of hydrogen-bond donors (Lipinski definition) is 1. The normalized spacial score (nSPS) is 14.5. The van der Waals surface area contributed by atoms with E-state index in [-0.39, 0.29) is 17.4 Å². The van der Waals surface area contributed by atoms with Crippen molar-refractivity contribution in [2.75, 3.05) is 31.6 Å². The Kier molecular flexibility index (Phi) is 7.11. The smallest absolute Gasteiger partial charge is 0.262 e. The molecule has 0 saturated carbocycles. The van der Waals surface area contributed by atoms with Gasteiger partial charge in [-0.25, -0.2) is 8.42 Å². The molecule has 0 radical (unpaired) electrons. The van der Waals surface area contributed by atoms with Crippen LogP contribution in [0.1, 0.15) is 26.2 Å². The molecule has 0 bridgehead atoms. The van der Waals surface area contributed by atoms with E-state index in [1.165, 1.54) is 16.4 Å². The SMILES string of the molecule is CCCOc1cccc(OCC(=O)Nc2ccc(S(=O)(=O)N3CCCC3)cc2)c1. The minimum atomic E-state index is -3.46. The lowest BCUT2D eigenvalue weighted by Gasteiger charge is -2.15. The van der Waals surface area contributed by atoms with Crippen LogP contribution in [0, 0.1) is 0 Å². The highest BCUT2D eigenvalue weighted by Gasteiger charge is 2.26. The molecule has 0 atom stereocenters. The van der Waals surface area contributed by atoms with Crippen LogP contribution in [0.15, 0.2) is 53.4 Å². The van der Waals surface area contributed by atoms with Gasteiger partial charge in [0.2, 0.25) is 10.0 Å². The van der Waals surface area contributed by atoms with Gasteiger partial charge in [-0.2, -0.15) is 4.31 Å². The first-order chi connectivity index (χ1) is 14.0. The van der Waals surface area contributed by atoms with Gasteiger partial charge in [0.05, 0.1) is 11.5 Å². The van der Waals surface area contributed by atoms with E-state index in [0.29, 0.717) is 36.9 Å². The molecule has 8 heteroatoms. The zero-order valence-corrected chi connectivity index (χ0v) is 17.3. The van der Waals surface area contributed by atoms with E-state index in [1.54, 1.807) is 30.3 Å². The van der Waals surface area contributed by atoms with E-state index in [0.717, 1.165) is 19.3 Å². The van der Waals surface area contributed by atoms with Crippen LogP contribution in [0.25, 0.3) is 0 Å². The van der Waals surface area contributed by atoms with E-state index in [2.05, 4.69) is 5.32 Å². The summed E-state index contributed by atoms with van der Waals surface area (Å²) >= 11 is 0. The lowest BCUT2D eigenvalue weighted by molar-refractivity contribution is -0.118. The Bertz CT molecular complexity index is 922. The number of amides is 1. The van der Waals surface area contributed by atoms with Crippen molar-refractivity contribution in [1.82, 2.24) is 4.31 Å². The predicted octanol–water partition coefficient (Wildman–Crippen LogP) is 3.28. The van der Waals surface area contributed by atoms with Gasteiger partial charge in [0, 0.05) is 24.8 Å². The quantitative estimate of drug-likeness (QED) is 0.676. The summed E-state index contributed by atoms with van der Waals surface area (Å²) in [4.78, 5) is 12.4. The van der Waals surface area contributed by atoms with Crippen LogP contribution < -0.4 is 14.8 Å². The van der Waals surface area contributed by atoms with Crippen molar-refractivity contribution < 1.29 is 22.7 Å². The number of hydrogen-bond acceptors (Lipinski definition) is 5. The van der Waals surface area contributed by atoms with Gasteiger partial charge in [-0.05, 0) is 55.7 Å². The highest BCUT2D eigenvalue weighted by Crippen LogP contribution is 2.22. The summed E-state index contributed by atoms with van der Waals surface area (Å²) in [6.45, 7) is 3.60. The van der Waals surface area contributed by atoms with Gasteiger partial charge in [-0.15, -0.1) is 0 Å². The summed E-state index contributed by atoms with van der Waals surface area (Å²) in [7, 11) is -3.46. The average molecular weight is 419 g/mol. The Balaban J connectivity index is 1.53. The predicted molar refractivity (Wildman–Crippen MR) is 111 cm³/mol. The molecule has 29 heavy (non-hydrogen) atoms. The van der Waals surface area contributed by atoms with Crippen molar-refractivity contribution in [3.63, 3.8) is 0 Å². The fourth-order valence-corrected chi connectivity index (χ4v) is 4.52. The highest BCUT2D eigenvalue weighted by molar-refractivity contribution is 7.89. The maximum Gasteiger partial charge on any atom is 0.262 e. The molecular weight excluding hydrogens is 392 g/mol. The second-order valence-corrected chi connectivity index (χ2v) is 8.73. The van der Waals surface area contributed by atoms with Crippen molar-refractivity contribution in [3.8, 4) is 11.5 Å². The van der Waals surface area contributed by atoms with E-state index in [1.807, 2.05) is 13.0 Å². The number of ether oxygens (including phenoxy) is 2. The number of carbonyl (C=O) groups excluding carboxylic acids is 1. The van der Waals surface area contributed by atoms with E-state index >= 15 is 0 Å². The van der Waals surface area contributed by atoms with Crippen LogP contribution in [0.5, 0.6) is 11.5 Å². The molecule has 0 spiro atoms. The summed E-state index contributed by atoms with van der Waals surface area (Å²) in [6, 6.07) is 13.3. The number of rotatable bonds is 9. The number of benzene rings is 2. The van der Waals surface area contributed by atoms with Crippen LogP contribution >= 0.6 is 0 Å². The summed E-state index contributed by atoms with van der Waals surface area (Å²) < 4.78 is 37.6. The van der Waals surface area contributed by atoms with Gasteiger partial charge < -0.3 is 14.8 Å². The molecule has 1 N–H and O–H groups in total. The Morgan fingerprint density at radius 2 is 1.69 bits per heavy atom. The molecule has 156 valence electrons. The van der Waals surface area contributed by atoms with E-state index < -0.39 is 10.0 Å². The van der Waals surface area contributed by atoms with Gasteiger partial charge in [-0.1, -0.05) is 13.0 Å². The first-order valence-electron chi connectivity index (χ1n) is 9.75. The Morgan fingerprint density at radius 1 is 1.03 bits per heavy atom. The molecule has 2 aromatic rings. The fraction of sp³-hybridized carbons (Fsp3) is 0.381. The summed E-state index contributed by atoms with van der Waals surface area (Å²) in [5.41, 5.74) is 0.513. The average Bonchev–Trinajstić information content (AvgIpc) is 3.27.